The molecule has 3 heteroatoms. The minimum absolute atomic E-state index is 0.782. The SMILES string of the molecule is C=C(C)c1cnc2n[nH]c(C)c2c1C. The molecule has 2 aromatic heterocycles. The monoisotopic (exact) mass is 187 g/mol. The second-order valence-corrected chi connectivity index (χ2v) is 3.62. The van der Waals surface area contributed by atoms with Gasteiger partial charge in [0.2, 0.25) is 0 Å². The molecule has 0 spiro atoms. The molecule has 0 amide bonds. The van der Waals surface area contributed by atoms with Gasteiger partial charge in [0.15, 0.2) is 5.65 Å². The van der Waals surface area contributed by atoms with E-state index in [1.807, 2.05) is 20.0 Å². The maximum atomic E-state index is 4.28. The minimum Gasteiger partial charge on any atom is -0.280 e. The van der Waals surface area contributed by atoms with E-state index >= 15 is 0 Å². The van der Waals surface area contributed by atoms with Gasteiger partial charge in [-0.05, 0) is 37.5 Å². The lowest BCUT2D eigenvalue weighted by molar-refractivity contribution is 1.05. The molecule has 1 N–H and O–H groups in total. The lowest BCUT2D eigenvalue weighted by Gasteiger charge is -2.05. The van der Waals surface area contributed by atoms with Gasteiger partial charge in [0.1, 0.15) is 0 Å². The van der Waals surface area contributed by atoms with Crippen LogP contribution in [-0.4, -0.2) is 15.2 Å². The van der Waals surface area contributed by atoms with E-state index in [1.54, 1.807) is 0 Å². The van der Waals surface area contributed by atoms with Crippen molar-refractivity contribution < 1.29 is 0 Å². The van der Waals surface area contributed by atoms with Crippen LogP contribution in [0.15, 0.2) is 12.8 Å². The number of rotatable bonds is 1. The summed E-state index contributed by atoms with van der Waals surface area (Å²) in [5, 5.41) is 8.17. The molecule has 14 heavy (non-hydrogen) atoms. The maximum Gasteiger partial charge on any atom is 0.181 e. The third-order valence-electron chi connectivity index (χ3n) is 2.48. The number of pyridine rings is 1. The number of nitrogens with zero attached hydrogens (tertiary/aromatic N) is 2. The van der Waals surface area contributed by atoms with Gasteiger partial charge in [-0.1, -0.05) is 6.58 Å². The number of fused-ring (bicyclic) bond motifs is 1. The third-order valence-corrected chi connectivity index (χ3v) is 2.48. The average Bonchev–Trinajstić information content (AvgIpc) is 2.48. The smallest absolute Gasteiger partial charge is 0.181 e. The predicted molar refractivity (Wildman–Crippen MR) is 58.1 cm³/mol. The number of H-pyrrole nitrogens is 1. The van der Waals surface area contributed by atoms with E-state index in [1.165, 1.54) is 5.56 Å². The highest BCUT2D eigenvalue weighted by Gasteiger charge is 2.09. The second kappa shape index (κ2) is 2.94. The highest BCUT2D eigenvalue weighted by Crippen LogP contribution is 2.24. The number of allylic oxidation sites excluding steroid dienone is 1. The van der Waals surface area contributed by atoms with E-state index in [2.05, 4.69) is 28.7 Å². The topological polar surface area (TPSA) is 41.6 Å². The summed E-state index contributed by atoms with van der Waals surface area (Å²) in [5.41, 5.74) is 5.20. The summed E-state index contributed by atoms with van der Waals surface area (Å²) in [6.07, 6.45) is 1.83. The van der Waals surface area contributed by atoms with E-state index < -0.39 is 0 Å². The average molecular weight is 187 g/mol. The Bertz CT molecular complexity index is 508. The van der Waals surface area contributed by atoms with Crippen LogP contribution in [0.1, 0.15) is 23.7 Å². The Kier molecular flexibility index (Phi) is 1.88. The first kappa shape index (κ1) is 8.94. The van der Waals surface area contributed by atoms with Crippen molar-refractivity contribution >= 4 is 16.6 Å². The van der Waals surface area contributed by atoms with Crippen LogP contribution < -0.4 is 0 Å². The normalized spacial score (nSPS) is 10.8. The Morgan fingerprint density at radius 1 is 1.43 bits per heavy atom. The molecule has 3 nitrogen and oxygen atoms in total. The van der Waals surface area contributed by atoms with Gasteiger partial charge in [0.25, 0.3) is 0 Å². The molecule has 0 radical (unpaired) electrons. The van der Waals surface area contributed by atoms with Gasteiger partial charge < -0.3 is 0 Å². The third kappa shape index (κ3) is 1.13. The van der Waals surface area contributed by atoms with Crippen LogP contribution >= 0.6 is 0 Å². The van der Waals surface area contributed by atoms with Gasteiger partial charge in [0, 0.05) is 17.3 Å². The number of aryl methyl sites for hydroxylation is 2. The fourth-order valence-electron chi connectivity index (χ4n) is 1.75. The van der Waals surface area contributed by atoms with Crippen molar-refractivity contribution in [3.8, 4) is 0 Å². The van der Waals surface area contributed by atoms with Crippen LogP contribution in [0.2, 0.25) is 0 Å². The molecule has 0 bridgehead atoms. The summed E-state index contributed by atoms with van der Waals surface area (Å²) in [6, 6.07) is 0. The molecule has 0 fully saturated rings. The first-order valence-corrected chi connectivity index (χ1v) is 4.57. The van der Waals surface area contributed by atoms with E-state index in [9.17, 15) is 0 Å². The zero-order chi connectivity index (χ0) is 10.3. The highest BCUT2D eigenvalue weighted by molar-refractivity contribution is 5.85. The molecular formula is C11H13N3. The second-order valence-electron chi connectivity index (χ2n) is 3.62. The van der Waals surface area contributed by atoms with Crippen LogP contribution in [0, 0.1) is 13.8 Å². The molecule has 72 valence electrons. The first-order valence-electron chi connectivity index (χ1n) is 4.57. The molecule has 2 rings (SSSR count). The van der Waals surface area contributed by atoms with Crippen molar-refractivity contribution in [3.63, 3.8) is 0 Å². The quantitative estimate of drug-likeness (QED) is 0.745. The Labute approximate surface area is 82.9 Å². The van der Waals surface area contributed by atoms with Crippen molar-refractivity contribution in [1.82, 2.24) is 15.2 Å². The number of hydrogen-bond donors (Lipinski definition) is 1. The Balaban J connectivity index is 2.86. The Morgan fingerprint density at radius 3 is 2.79 bits per heavy atom. The van der Waals surface area contributed by atoms with Crippen molar-refractivity contribution in [3.05, 3.63) is 29.6 Å². The van der Waals surface area contributed by atoms with E-state index in [-0.39, 0.29) is 0 Å². The highest BCUT2D eigenvalue weighted by atomic mass is 15.1. The van der Waals surface area contributed by atoms with Crippen molar-refractivity contribution in [2.75, 3.05) is 0 Å². The molecule has 0 aliphatic heterocycles. The minimum atomic E-state index is 0.782. The Morgan fingerprint density at radius 2 is 2.14 bits per heavy atom. The van der Waals surface area contributed by atoms with Gasteiger partial charge in [-0.3, -0.25) is 5.10 Å². The lowest BCUT2D eigenvalue weighted by atomic mass is 10.0. The van der Waals surface area contributed by atoms with Gasteiger partial charge in [-0.25, -0.2) is 4.98 Å². The van der Waals surface area contributed by atoms with Crippen LogP contribution in [0.4, 0.5) is 0 Å². The van der Waals surface area contributed by atoms with Crippen molar-refractivity contribution in [1.29, 1.82) is 0 Å². The molecule has 0 saturated heterocycles. The fourth-order valence-corrected chi connectivity index (χ4v) is 1.75. The summed E-state index contributed by atoms with van der Waals surface area (Å²) in [6.45, 7) is 10.0. The molecule has 0 aliphatic rings. The molecule has 0 aliphatic carbocycles. The summed E-state index contributed by atoms with van der Waals surface area (Å²) in [4.78, 5) is 4.28. The zero-order valence-electron chi connectivity index (χ0n) is 8.68. The van der Waals surface area contributed by atoms with E-state index in [0.29, 0.717) is 0 Å². The van der Waals surface area contributed by atoms with Crippen molar-refractivity contribution in [2.45, 2.75) is 20.8 Å². The van der Waals surface area contributed by atoms with Crippen LogP contribution in [0.5, 0.6) is 0 Å². The Hall–Kier alpha value is -1.64. The van der Waals surface area contributed by atoms with Gasteiger partial charge >= 0.3 is 0 Å². The molecular weight excluding hydrogens is 174 g/mol. The van der Waals surface area contributed by atoms with Crippen molar-refractivity contribution in [2.24, 2.45) is 0 Å². The van der Waals surface area contributed by atoms with Crippen LogP contribution in [-0.2, 0) is 0 Å². The van der Waals surface area contributed by atoms with Crippen LogP contribution in [0.25, 0.3) is 16.6 Å². The zero-order valence-corrected chi connectivity index (χ0v) is 8.68. The van der Waals surface area contributed by atoms with E-state index in [4.69, 9.17) is 0 Å². The standard InChI is InChI=1S/C11H13N3/c1-6(2)9-5-12-11-10(7(9)3)8(4)13-14-11/h5H,1H2,2-4H3,(H,12,13,14). The summed E-state index contributed by atoms with van der Waals surface area (Å²) < 4.78 is 0. The summed E-state index contributed by atoms with van der Waals surface area (Å²) in [5.74, 6) is 0. The largest absolute Gasteiger partial charge is 0.280 e. The first-order chi connectivity index (χ1) is 6.61. The molecule has 0 unspecified atom stereocenters. The summed E-state index contributed by atoms with van der Waals surface area (Å²) >= 11 is 0. The number of nitrogens with one attached hydrogen (secondary N) is 1. The summed E-state index contributed by atoms with van der Waals surface area (Å²) in [7, 11) is 0. The number of aromatic nitrogens is 3. The molecule has 0 aromatic carbocycles. The van der Waals surface area contributed by atoms with Gasteiger partial charge in [0.05, 0.1) is 0 Å². The fraction of sp³-hybridized carbons (Fsp3) is 0.273. The molecule has 2 aromatic rings. The van der Waals surface area contributed by atoms with Gasteiger partial charge in [-0.15, -0.1) is 0 Å². The van der Waals surface area contributed by atoms with E-state index in [0.717, 1.165) is 27.9 Å². The number of hydrogen-bond acceptors (Lipinski definition) is 2. The molecule has 2 heterocycles. The van der Waals surface area contributed by atoms with Gasteiger partial charge in [-0.2, -0.15) is 5.10 Å². The molecule has 0 atom stereocenters. The molecule has 0 saturated carbocycles. The van der Waals surface area contributed by atoms with Crippen LogP contribution in [0.3, 0.4) is 0 Å². The predicted octanol–water partition coefficient (Wildman–Crippen LogP) is 2.61. The number of aromatic amines is 1. The lowest BCUT2D eigenvalue weighted by Crippen LogP contribution is -1.89. The maximum absolute atomic E-state index is 4.28.